The molecule has 2 aromatic heterocycles. The molecule has 3 aliphatic heterocycles. The van der Waals surface area contributed by atoms with E-state index in [1.807, 2.05) is 0 Å². The van der Waals surface area contributed by atoms with Crippen molar-refractivity contribution < 1.29 is 38.7 Å². The number of quaternary nitrogens is 1. The normalized spacial score (nSPS) is 21.6. The second-order valence-corrected chi connectivity index (χ2v) is 15.4. The summed E-state index contributed by atoms with van der Waals surface area (Å²) in [6.07, 6.45) is 2.45. The number of nitrogens with two attached hydrogens (primary N) is 1. The summed E-state index contributed by atoms with van der Waals surface area (Å²) in [6, 6.07) is -1.04. The molecule has 5 N–H and O–H groups in total. The number of β-lactam (4-membered cyclic amide) rings is 1. The molecule has 0 aromatic carbocycles. The number of carbonyl (C=O) groups is 4. The van der Waals surface area contributed by atoms with Crippen LogP contribution in [0.1, 0.15) is 38.1 Å². The number of nitrogen functional groups attached to an aromatic ring is 1. The Morgan fingerprint density at radius 3 is 2.59 bits per heavy atom. The lowest BCUT2D eigenvalue weighted by Gasteiger charge is -2.49. The second kappa shape index (κ2) is 12.7. The number of aromatic nitrogens is 2. The third kappa shape index (κ3) is 6.73. The highest BCUT2D eigenvalue weighted by Gasteiger charge is 2.54. The Morgan fingerprint density at radius 1 is 1.23 bits per heavy atom. The zero-order valence-corrected chi connectivity index (χ0v) is 27.4. The molecular weight excluding hydrogens is 651 g/mol. The van der Waals surface area contributed by atoms with Crippen LogP contribution in [0, 0.1) is 0 Å². The Balaban J connectivity index is 1.27. The summed E-state index contributed by atoms with van der Waals surface area (Å²) in [4.78, 5) is 65.4. The number of aliphatic carboxylic acids is 2. The number of oxime groups is 1. The minimum atomic E-state index is -1.75. The number of hydrogen-bond acceptors (Lipinski definition) is 13. The van der Waals surface area contributed by atoms with Crippen molar-refractivity contribution in [3.05, 3.63) is 33.4 Å². The zero-order valence-electron chi connectivity index (χ0n) is 24.1. The van der Waals surface area contributed by atoms with E-state index >= 15 is 0 Å². The summed E-state index contributed by atoms with van der Waals surface area (Å²) in [5.74, 6) is -3.25. The number of nitrogens with one attached hydrogen (secondary N) is 1. The molecule has 2 atom stereocenters. The highest BCUT2D eigenvalue weighted by Crippen LogP contribution is 2.42. The van der Waals surface area contributed by atoms with Crippen molar-refractivity contribution >= 4 is 80.8 Å². The number of anilines is 1. The van der Waals surface area contributed by atoms with Gasteiger partial charge in [0.25, 0.3) is 11.8 Å². The maximum absolute atomic E-state index is 13.3. The van der Waals surface area contributed by atoms with Crippen LogP contribution in [-0.4, -0.2) is 108 Å². The lowest BCUT2D eigenvalue weighted by Crippen LogP contribution is -2.71. The topological polar surface area (TPSA) is 197 Å². The van der Waals surface area contributed by atoms with Crippen molar-refractivity contribution in [1.82, 2.24) is 20.2 Å². The van der Waals surface area contributed by atoms with Crippen LogP contribution in [0.3, 0.4) is 0 Å². The summed E-state index contributed by atoms with van der Waals surface area (Å²) in [6.45, 7) is 5.67. The van der Waals surface area contributed by atoms with Crippen LogP contribution in [0.25, 0.3) is 0 Å². The van der Waals surface area contributed by atoms with Crippen LogP contribution >= 0.6 is 46.2 Å². The summed E-state index contributed by atoms with van der Waals surface area (Å²) in [7, 11) is 2.25. The number of thiazole rings is 2. The van der Waals surface area contributed by atoms with Gasteiger partial charge in [-0.25, -0.2) is 19.6 Å². The lowest BCUT2D eigenvalue weighted by atomic mass is 10.0. The van der Waals surface area contributed by atoms with Crippen LogP contribution in [0.15, 0.2) is 31.5 Å². The molecule has 2 saturated heterocycles. The van der Waals surface area contributed by atoms with Crippen molar-refractivity contribution in [3.8, 4) is 0 Å². The first-order chi connectivity index (χ1) is 20.8. The monoisotopic (exact) mass is 682 g/mol. The molecule has 14 nitrogen and oxygen atoms in total. The smallest absolute Gasteiger partial charge is 0.352 e. The molecule has 2 aromatic rings. The maximum Gasteiger partial charge on any atom is 0.352 e. The van der Waals surface area contributed by atoms with E-state index in [-0.39, 0.29) is 22.2 Å². The predicted molar refractivity (Wildman–Crippen MR) is 167 cm³/mol. The molecule has 236 valence electrons. The quantitative estimate of drug-likeness (QED) is 0.0837. The fraction of sp³-hybridized carbons (Fsp3) is 0.500. The first kappa shape index (κ1) is 32.2. The van der Waals surface area contributed by atoms with Crippen LogP contribution in [-0.2, 0) is 30.6 Å². The summed E-state index contributed by atoms with van der Waals surface area (Å²) < 4.78 is 1.83. The van der Waals surface area contributed by atoms with Gasteiger partial charge in [0.1, 0.15) is 35.0 Å². The molecule has 0 radical (unpaired) electrons. The van der Waals surface area contributed by atoms with E-state index in [1.165, 1.54) is 71.8 Å². The Bertz CT molecular complexity index is 1550. The molecule has 5 heterocycles. The van der Waals surface area contributed by atoms with Crippen LogP contribution < -0.4 is 11.1 Å². The van der Waals surface area contributed by atoms with E-state index in [1.54, 1.807) is 0 Å². The van der Waals surface area contributed by atoms with Crippen molar-refractivity contribution in [3.63, 3.8) is 0 Å². The molecule has 0 aliphatic carbocycles. The Kier molecular flexibility index (Phi) is 9.27. The average Bonchev–Trinajstić information content (AvgIpc) is 3.71. The highest BCUT2D eigenvalue weighted by atomic mass is 32.2. The number of thioether (sulfide) groups is 2. The first-order valence-corrected chi connectivity index (χ1v) is 17.4. The number of nitrogens with zero attached hydrogens (tertiary/aromatic N) is 5. The largest absolute Gasteiger partial charge is 0.478 e. The SMILES string of the molecule is CC(C)(O/N=C(\C(=O)N[C@@H]1C(=O)N2C(C(=O)O)=C(CSc3nc(C[N+]4(C)CCCC4)cs3)CSC12)c1csc(N)n1)C(=O)O. The van der Waals surface area contributed by atoms with Gasteiger partial charge in [-0.3, -0.25) is 14.5 Å². The van der Waals surface area contributed by atoms with Crippen LogP contribution in [0.5, 0.6) is 0 Å². The molecule has 2 fully saturated rings. The van der Waals surface area contributed by atoms with E-state index in [4.69, 9.17) is 15.6 Å². The zero-order chi connectivity index (χ0) is 31.8. The van der Waals surface area contributed by atoms with Gasteiger partial charge in [-0.15, -0.1) is 34.4 Å². The second-order valence-electron chi connectivity index (χ2n) is 11.4. The molecule has 0 bridgehead atoms. The summed E-state index contributed by atoms with van der Waals surface area (Å²) in [5, 5.41) is 28.7. The van der Waals surface area contributed by atoms with E-state index in [2.05, 4.69) is 27.9 Å². The number of hydrogen-bond donors (Lipinski definition) is 4. The first-order valence-electron chi connectivity index (χ1n) is 13.6. The fourth-order valence-corrected chi connectivity index (χ4v) is 8.90. The van der Waals surface area contributed by atoms with Gasteiger partial charge in [-0.1, -0.05) is 16.9 Å². The van der Waals surface area contributed by atoms with Gasteiger partial charge in [0, 0.05) is 35.1 Å². The molecule has 3 aliphatic rings. The lowest BCUT2D eigenvalue weighted by molar-refractivity contribution is -0.911. The Morgan fingerprint density at radius 2 is 1.95 bits per heavy atom. The summed E-state index contributed by atoms with van der Waals surface area (Å²) in [5.41, 5.74) is 5.17. The van der Waals surface area contributed by atoms with Crippen molar-refractivity contribution in [2.45, 2.75) is 54.6 Å². The number of likely N-dealkylation sites (tertiary alicyclic amines) is 1. The Labute approximate surface area is 269 Å². The molecule has 5 rings (SSSR count). The molecule has 1 unspecified atom stereocenters. The van der Waals surface area contributed by atoms with Gasteiger partial charge >= 0.3 is 11.9 Å². The molecule has 18 heteroatoms. The third-order valence-electron chi connectivity index (χ3n) is 7.49. The minimum Gasteiger partial charge on any atom is -0.478 e. The standard InChI is InChI=1S/C26H31N7O7S4/c1-26(2,23(38)39)40-31-16(15-12-42-24(27)29-15)19(34)30-17-20(35)32-18(22(36)37)13(9-41-21(17)32)10-43-25-28-14(11-44-25)8-33(3)6-4-5-7-33/h11-12,17,21H,4-10H2,1-3H3,(H4-,27,29,30,34,36,37,38,39)/p+1/b31-16-/t17-,21?/m1/s1. The Hall–Kier alpha value is -3.19. The molecule has 0 saturated carbocycles. The van der Waals surface area contributed by atoms with E-state index in [0.29, 0.717) is 17.1 Å². The number of carbonyl (C=O) groups excluding carboxylic acids is 2. The van der Waals surface area contributed by atoms with Crippen LogP contribution in [0.2, 0.25) is 0 Å². The van der Waals surface area contributed by atoms with E-state index < -0.39 is 40.8 Å². The third-order valence-corrected chi connectivity index (χ3v) is 11.7. The molecule has 0 spiro atoms. The highest BCUT2D eigenvalue weighted by molar-refractivity contribution is 8.01. The van der Waals surface area contributed by atoms with E-state index in [9.17, 15) is 29.4 Å². The molecule has 44 heavy (non-hydrogen) atoms. The maximum atomic E-state index is 13.3. The fourth-order valence-electron chi connectivity index (χ4n) is 5.03. The van der Waals surface area contributed by atoms with Gasteiger partial charge in [0.15, 0.2) is 15.2 Å². The summed E-state index contributed by atoms with van der Waals surface area (Å²) >= 11 is 5.37. The number of carboxylic acid groups (broad SMARTS) is 2. The van der Waals surface area contributed by atoms with Crippen molar-refractivity contribution in [1.29, 1.82) is 0 Å². The van der Waals surface area contributed by atoms with Gasteiger partial charge in [0.05, 0.1) is 20.1 Å². The van der Waals surface area contributed by atoms with Crippen LogP contribution in [0.4, 0.5) is 5.13 Å². The number of rotatable bonds is 12. The average molecular weight is 683 g/mol. The van der Waals surface area contributed by atoms with Crippen molar-refractivity contribution in [2.75, 3.05) is 37.4 Å². The van der Waals surface area contributed by atoms with Gasteiger partial charge < -0.3 is 30.6 Å². The molecular formula is C26H32N7O7S4+. The van der Waals surface area contributed by atoms with Crippen molar-refractivity contribution in [2.24, 2.45) is 5.16 Å². The van der Waals surface area contributed by atoms with Gasteiger partial charge in [-0.2, -0.15) is 0 Å². The number of fused-ring (bicyclic) bond motifs is 1. The van der Waals surface area contributed by atoms with Gasteiger partial charge in [-0.05, 0) is 19.4 Å². The number of amides is 2. The van der Waals surface area contributed by atoms with E-state index in [0.717, 1.165) is 45.5 Å². The number of carboxylic acids is 2. The minimum absolute atomic E-state index is 0.0400. The predicted octanol–water partition coefficient (Wildman–Crippen LogP) is 2.04. The molecule has 2 amide bonds. The van der Waals surface area contributed by atoms with Gasteiger partial charge in [0.2, 0.25) is 5.60 Å².